The lowest BCUT2D eigenvalue weighted by Crippen LogP contribution is -2.03. The molecule has 11 heavy (non-hydrogen) atoms. The number of hydrogen-bond donors (Lipinski definition) is 2. The van der Waals surface area contributed by atoms with Crippen molar-refractivity contribution in [2.45, 2.75) is 13.8 Å². The van der Waals surface area contributed by atoms with Crippen molar-refractivity contribution in [3.05, 3.63) is 0 Å². The third-order valence-corrected chi connectivity index (χ3v) is 0.520. The Morgan fingerprint density at radius 1 is 1.36 bits per heavy atom. The molecule has 0 aliphatic heterocycles. The van der Waals surface area contributed by atoms with Gasteiger partial charge in [0.1, 0.15) is 0 Å². The van der Waals surface area contributed by atoms with Gasteiger partial charge in [0.15, 0.2) is 0 Å². The van der Waals surface area contributed by atoms with Crippen molar-refractivity contribution < 1.29 is 27.3 Å². The minimum Gasteiger partial charge on any atom is -0.397 e. The molecule has 0 amide bonds. The smallest absolute Gasteiger partial charge is 0.397 e. The molecule has 6 nitrogen and oxygen atoms in total. The largest absolute Gasteiger partial charge is 0.424 e. The highest BCUT2D eigenvalue weighted by Gasteiger charge is 2.02. The van der Waals surface area contributed by atoms with Crippen LogP contribution in [-0.2, 0) is 19.6 Å². The Hall–Kier alpha value is -0.210. The molecule has 0 bridgehead atoms. The van der Waals surface area contributed by atoms with Crippen LogP contribution < -0.4 is 0 Å². The van der Waals surface area contributed by atoms with E-state index in [1.54, 1.807) is 6.92 Å². The summed E-state index contributed by atoms with van der Waals surface area (Å²) >= 11 is 0. The summed E-state index contributed by atoms with van der Waals surface area (Å²) in [5.74, 6) is 0. The molecule has 0 saturated carbocycles. The maximum atomic E-state index is 9.60. The average molecular weight is 188 g/mol. The molecule has 0 saturated heterocycles. The van der Waals surface area contributed by atoms with Gasteiger partial charge in [-0.3, -0.25) is 4.55 Å². The van der Waals surface area contributed by atoms with Gasteiger partial charge in [0.2, 0.25) is 0 Å². The Morgan fingerprint density at radius 2 is 1.73 bits per heavy atom. The zero-order chi connectivity index (χ0) is 9.33. The van der Waals surface area contributed by atoms with Crippen LogP contribution in [0.25, 0.3) is 0 Å². The van der Waals surface area contributed by atoms with E-state index in [-0.39, 0.29) is 13.2 Å². The summed E-state index contributed by atoms with van der Waals surface area (Å²) in [7, 11) is -4.41. The molecule has 70 valence electrons. The lowest BCUT2D eigenvalue weighted by Gasteiger charge is -1.92. The van der Waals surface area contributed by atoms with Gasteiger partial charge in [0.05, 0.1) is 6.61 Å². The minimum absolute atomic E-state index is 0.0692. The molecule has 0 heterocycles. The lowest BCUT2D eigenvalue weighted by atomic mass is 10.9. The molecule has 0 aromatic rings. The van der Waals surface area contributed by atoms with Gasteiger partial charge in [-0.1, -0.05) is 4.33 Å². The average Bonchev–Trinajstić information content (AvgIpc) is 1.84. The molecule has 0 rings (SSSR count). The second kappa shape index (κ2) is 7.89. The SMILES string of the molecule is CCO.CCOOS(=O)(=O)O. The zero-order valence-electron chi connectivity index (χ0n) is 6.35. The van der Waals surface area contributed by atoms with E-state index in [4.69, 9.17) is 9.66 Å². The molecule has 0 unspecified atom stereocenters. The lowest BCUT2D eigenvalue weighted by molar-refractivity contribution is -0.203. The first-order valence-corrected chi connectivity index (χ1v) is 4.23. The third-order valence-electron chi connectivity index (χ3n) is 0.252. The Kier molecular flexibility index (Phi) is 9.60. The van der Waals surface area contributed by atoms with Gasteiger partial charge in [0, 0.05) is 6.61 Å². The van der Waals surface area contributed by atoms with E-state index in [9.17, 15) is 8.42 Å². The standard InChI is InChI=1S/C2H6O5S.C2H6O/c1-2-6-7-8(3,4)5;1-2-3/h2H2,1H3,(H,3,4,5);3H,2H2,1H3. The Morgan fingerprint density at radius 3 is 1.82 bits per heavy atom. The molecule has 0 fully saturated rings. The van der Waals surface area contributed by atoms with E-state index in [0.29, 0.717) is 0 Å². The fourth-order valence-electron chi connectivity index (χ4n) is 0.109. The van der Waals surface area contributed by atoms with Crippen molar-refractivity contribution in [3.63, 3.8) is 0 Å². The van der Waals surface area contributed by atoms with Crippen molar-refractivity contribution >= 4 is 10.4 Å². The first kappa shape index (κ1) is 13.4. The fourth-order valence-corrected chi connectivity index (χ4v) is 0.327. The maximum Gasteiger partial charge on any atom is 0.424 e. The van der Waals surface area contributed by atoms with Crippen molar-refractivity contribution in [1.82, 2.24) is 0 Å². The van der Waals surface area contributed by atoms with Crippen LogP contribution in [0.15, 0.2) is 0 Å². The summed E-state index contributed by atoms with van der Waals surface area (Å²) in [4.78, 5) is 3.86. The van der Waals surface area contributed by atoms with Gasteiger partial charge in [0.25, 0.3) is 0 Å². The van der Waals surface area contributed by atoms with Crippen LogP contribution in [0.1, 0.15) is 13.8 Å². The number of rotatable bonds is 3. The Bertz CT molecular complexity index is 150. The van der Waals surface area contributed by atoms with Crippen LogP contribution in [-0.4, -0.2) is 31.3 Å². The Balaban J connectivity index is 0. The highest BCUT2D eigenvalue weighted by molar-refractivity contribution is 7.80. The quantitative estimate of drug-likeness (QED) is 0.360. The second-order valence-corrected chi connectivity index (χ2v) is 2.21. The zero-order valence-corrected chi connectivity index (χ0v) is 7.17. The number of aliphatic hydroxyl groups excluding tert-OH is 1. The monoisotopic (exact) mass is 188 g/mol. The summed E-state index contributed by atoms with van der Waals surface area (Å²) in [6, 6.07) is 0. The van der Waals surface area contributed by atoms with Crippen LogP contribution >= 0.6 is 0 Å². The molecular weight excluding hydrogens is 176 g/mol. The normalized spacial score (nSPS) is 10.2. The minimum atomic E-state index is -4.41. The van der Waals surface area contributed by atoms with E-state index in [1.807, 2.05) is 0 Å². The van der Waals surface area contributed by atoms with Crippen LogP contribution in [0, 0.1) is 0 Å². The predicted molar refractivity (Wildman–Crippen MR) is 37.0 cm³/mol. The van der Waals surface area contributed by atoms with Crippen molar-refractivity contribution in [2.24, 2.45) is 0 Å². The van der Waals surface area contributed by atoms with Gasteiger partial charge < -0.3 is 5.11 Å². The molecule has 7 heteroatoms. The number of hydrogen-bond acceptors (Lipinski definition) is 5. The van der Waals surface area contributed by atoms with Crippen molar-refractivity contribution in [1.29, 1.82) is 0 Å². The summed E-state index contributed by atoms with van der Waals surface area (Å²) in [6.07, 6.45) is 0. The molecule has 0 radical (unpaired) electrons. The van der Waals surface area contributed by atoms with Gasteiger partial charge in [-0.25, -0.2) is 4.89 Å². The third kappa shape index (κ3) is 25.9. The van der Waals surface area contributed by atoms with Gasteiger partial charge in [-0.05, 0) is 13.8 Å². The predicted octanol–water partition coefficient (Wildman–Crippen LogP) is -0.244. The van der Waals surface area contributed by atoms with E-state index < -0.39 is 10.4 Å². The summed E-state index contributed by atoms with van der Waals surface area (Å²) in [6.45, 7) is 3.52. The van der Waals surface area contributed by atoms with Crippen molar-refractivity contribution in [3.8, 4) is 0 Å². The Labute approximate surface area is 65.6 Å². The van der Waals surface area contributed by atoms with Crippen molar-refractivity contribution in [2.75, 3.05) is 13.2 Å². The highest BCUT2D eigenvalue weighted by Crippen LogP contribution is 1.85. The van der Waals surface area contributed by atoms with E-state index in [2.05, 4.69) is 9.22 Å². The maximum absolute atomic E-state index is 9.60. The fraction of sp³-hybridized carbons (Fsp3) is 1.00. The first-order chi connectivity index (χ1) is 4.97. The van der Waals surface area contributed by atoms with Crippen LogP contribution in [0.5, 0.6) is 0 Å². The van der Waals surface area contributed by atoms with Gasteiger partial charge in [-0.15, -0.1) is 0 Å². The van der Waals surface area contributed by atoms with E-state index in [1.165, 1.54) is 6.92 Å². The molecule has 0 aromatic heterocycles. The molecule has 0 atom stereocenters. The van der Waals surface area contributed by atoms with Crippen LogP contribution in [0.3, 0.4) is 0 Å². The molecular formula is C4H12O6S. The topological polar surface area (TPSA) is 93.1 Å². The van der Waals surface area contributed by atoms with Gasteiger partial charge in [-0.2, -0.15) is 8.42 Å². The molecule has 0 spiro atoms. The molecule has 0 aromatic carbocycles. The molecule has 0 aliphatic carbocycles. The second-order valence-electron chi connectivity index (χ2n) is 1.22. The summed E-state index contributed by atoms with van der Waals surface area (Å²) in [5.41, 5.74) is 0. The van der Waals surface area contributed by atoms with Crippen LogP contribution in [0.2, 0.25) is 0 Å². The first-order valence-electron chi connectivity index (χ1n) is 2.87. The molecule has 2 N–H and O–H groups in total. The summed E-state index contributed by atoms with van der Waals surface area (Å²) < 4.78 is 30.4. The van der Waals surface area contributed by atoms with E-state index >= 15 is 0 Å². The molecule has 0 aliphatic rings. The van der Waals surface area contributed by atoms with Gasteiger partial charge >= 0.3 is 10.4 Å². The van der Waals surface area contributed by atoms with Crippen LogP contribution in [0.4, 0.5) is 0 Å². The number of aliphatic hydroxyl groups is 1. The highest BCUT2D eigenvalue weighted by atomic mass is 32.3. The van der Waals surface area contributed by atoms with E-state index in [0.717, 1.165) is 0 Å². The summed E-state index contributed by atoms with van der Waals surface area (Å²) in [5, 5.41) is 7.57.